The SMILES string of the molecule is CCCS(=O)(=O)NCC1CCCC(N)C1. The third-order valence-electron chi connectivity index (χ3n) is 2.89. The molecule has 3 N–H and O–H groups in total. The van der Waals surface area contributed by atoms with Crippen LogP contribution in [0.3, 0.4) is 0 Å². The van der Waals surface area contributed by atoms with Crippen LogP contribution in [0.4, 0.5) is 0 Å². The highest BCUT2D eigenvalue weighted by Crippen LogP contribution is 2.22. The number of sulfonamides is 1. The molecule has 15 heavy (non-hydrogen) atoms. The summed E-state index contributed by atoms with van der Waals surface area (Å²) >= 11 is 0. The zero-order chi connectivity index (χ0) is 11.3. The molecular formula is C10H22N2O2S. The highest BCUT2D eigenvalue weighted by Gasteiger charge is 2.20. The monoisotopic (exact) mass is 234 g/mol. The van der Waals surface area contributed by atoms with Gasteiger partial charge in [-0.2, -0.15) is 0 Å². The zero-order valence-corrected chi connectivity index (χ0v) is 10.2. The normalized spacial score (nSPS) is 27.9. The van der Waals surface area contributed by atoms with E-state index < -0.39 is 10.0 Å². The summed E-state index contributed by atoms with van der Waals surface area (Å²) < 4.78 is 25.5. The predicted octanol–water partition coefficient (Wildman–Crippen LogP) is 0.833. The van der Waals surface area contributed by atoms with Gasteiger partial charge < -0.3 is 5.73 Å². The second-order valence-corrected chi connectivity index (χ2v) is 6.39. The first kappa shape index (κ1) is 12.9. The lowest BCUT2D eigenvalue weighted by Gasteiger charge is -2.26. The number of hydrogen-bond donors (Lipinski definition) is 2. The van der Waals surface area contributed by atoms with Gasteiger partial charge in [0.25, 0.3) is 0 Å². The molecule has 0 aliphatic heterocycles. The van der Waals surface area contributed by atoms with Crippen molar-refractivity contribution < 1.29 is 8.42 Å². The van der Waals surface area contributed by atoms with E-state index >= 15 is 0 Å². The van der Waals surface area contributed by atoms with Gasteiger partial charge in [0.05, 0.1) is 5.75 Å². The van der Waals surface area contributed by atoms with Crippen molar-refractivity contribution in [2.45, 2.75) is 45.1 Å². The van der Waals surface area contributed by atoms with Crippen LogP contribution >= 0.6 is 0 Å². The maximum absolute atomic E-state index is 11.4. The van der Waals surface area contributed by atoms with Gasteiger partial charge in [0.1, 0.15) is 0 Å². The summed E-state index contributed by atoms with van der Waals surface area (Å²) in [5.41, 5.74) is 5.85. The molecule has 0 aromatic carbocycles. The molecule has 0 aromatic heterocycles. The Morgan fingerprint density at radius 2 is 2.13 bits per heavy atom. The molecule has 2 unspecified atom stereocenters. The molecule has 1 fully saturated rings. The first-order chi connectivity index (χ1) is 7.03. The van der Waals surface area contributed by atoms with Gasteiger partial charge in [-0.15, -0.1) is 0 Å². The molecule has 0 spiro atoms. The smallest absolute Gasteiger partial charge is 0.211 e. The van der Waals surface area contributed by atoms with Gasteiger partial charge in [-0.1, -0.05) is 13.3 Å². The van der Waals surface area contributed by atoms with Crippen molar-refractivity contribution in [2.75, 3.05) is 12.3 Å². The lowest BCUT2D eigenvalue weighted by Crippen LogP contribution is -2.36. The molecule has 2 atom stereocenters. The summed E-state index contributed by atoms with van der Waals surface area (Å²) in [6, 6.07) is 0.263. The lowest BCUT2D eigenvalue weighted by molar-refractivity contribution is 0.322. The molecule has 0 saturated heterocycles. The summed E-state index contributed by atoms with van der Waals surface area (Å²) in [5.74, 6) is 0.659. The van der Waals surface area contributed by atoms with E-state index in [9.17, 15) is 8.42 Å². The van der Waals surface area contributed by atoms with Gasteiger partial charge in [0.15, 0.2) is 0 Å². The third-order valence-corrected chi connectivity index (χ3v) is 4.44. The van der Waals surface area contributed by atoms with Crippen LogP contribution in [0.25, 0.3) is 0 Å². The first-order valence-corrected chi connectivity index (χ1v) is 7.41. The number of hydrogen-bond acceptors (Lipinski definition) is 3. The second-order valence-electron chi connectivity index (χ2n) is 4.46. The van der Waals surface area contributed by atoms with Crippen LogP contribution in [0.1, 0.15) is 39.0 Å². The van der Waals surface area contributed by atoms with E-state index in [2.05, 4.69) is 4.72 Å². The average molecular weight is 234 g/mol. The second kappa shape index (κ2) is 5.82. The van der Waals surface area contributed by atoms with Gasteiger partial charge in [-0.25, -0.2) is 13.1 Å². The Hall–Kier alpha value is -0.130. The van der Waals surface area contributed by atoms with Crippen LogP contribution in [0.15, 0.2) is 0 Å². The maximum Gasteiger partial charge on any atom is 0.211 e. The van der Waals surface area contributed by atoms with Crippen molar-refractivity contribution in [3.05, 3.63) is 0 Å². The number of nitrogens with two attached hydrogens (primary N) is 1. The van der Waals surface area contributed by atoms with Crippen molar-refractivity contribution >= 4 is 10.0 Å². The van der Waals surface area contributed by atoms with Crippen LogP contribution in [0.5, 0.6) is 0 Å². The summed E-state index contributed by atoms with van der Waals surface area (Å²) in [6.07, 6.45) is 4.93. The molecule has 0 amide bonds. The van der Waals surface area contributed by atoms with Crippen LogP contribution < -0.4 is 10.5 Å². The minimum Gasteiger partial charge on any atom is -0.328 e. The quantitative estimate of drug-likeness (QED) is 0.740. The molecule has 1 aliphatic carbocycles. The Labute approximate surface area is 92.7 Å². The fourth-order valence-electron chi connectivity index (χ4n) is 2.10. The Balaban J connectivity index is 2.30. The van der Waals surface area contributed by atoms with Crippen molar-refractivity contribution in [1.82, 2.24) is 4.72 Å². The third kappa shape index (κ3) is 4.95. The van der Waals surface area contributed by atoms with Gasteiger partial charge in [0.2, 0.25) is 10.0 Å². The van der Waals surface area contributed by atoms with E-state index in [1.165, 1.54) is 0 Å². The molecule has 4 nitrogen and oxygen atoms in total. The topological polar surface area (TPSA) is 72.2 Å². The van der Waals surface area contributed by atoms with Crippen LogP contribution in [-0.2, 0) is 10.0 Å². The molecule has 5 heteroatoms. The van der Waals surface area contributed by atoms with Gasteiger partial charge in [0, 0.05) is 12.6 Å². The summed E-state index contributed by atoms with van der Waals surface area (Å²) in [4.78, 5) is 0. The molecule has 0 radical (unpaired) electrons. The number of nitrogens with one attached hydrogen (secondary N) is 1. The molecule has 0 bridgehead atoms. The van der Waals surface area contributed by atoms with E-state index in [1.807, 2.05) is 6.92 Å². The fourth-order valence-corrected chi connectivity index (χ4v) is 3.28. The largest absolute Gasteiger partial charge is 0.328 e. The highest BCUT2D eigenvalue weighted by molar-refractivity contribution is 7.89. The molecule has 0 heterocycles. The lowest BCUT2D eigenvalue weighted by atomic mass is 9.86. The molecule has 1 saturated carbocycles. The van der Waals surface area contributed by atoms with Crippen LogP contribution in [0, 0.1) is 5.92 Å². The molecular weight excluding hydrogens is 212 g/mol. The Bertz CT molecular complexity index is 277. The summed E-state index contributed by atoms with van der Waals surface area (Å²) in [7, 11) is -3.04. The molecule has 1 aliphatic rings. The van der Waals surface area contributed by atoms with E-state index in [-0.39, 0.29) is 11.8 Å². The minimum absolute atomic E-state index is 0.228. The van der Waals surface area contributed by atoms with Crippen molar-refractivity contribution in [3.8, 4) is 0 Å². The van der Waals surface area contributed by atoms with Crippen molar-refractivity contribution in [3.63, 3.8) is 0 Å². The van der Waals surface area contributed by atoms with Crippen LogP contribution in [-0.4, -0.2) is 26.8 Å². The Morgan fingerprint density at radius 1 is 1.40 bits per heavy atom. The molecule has 1 rings (SSSR count). The standard InChI is InChI=1S/C10H22N2O2S/c1-2-6-15(13,14)12-8-9-4-3-5-10(11)7-9/h9-10,12H,2-8,11H2,1H3. The predicted molar refractivity (Wildman–Crippen MR) is 62.0 cm³/mol. The van der Waals surface area contributed by atoms with Gasteiger partial charge in [-0.3, -0.25) is 0 Å². The highest BCUT2D eigenvalue weighted by atomic mass is 32.2. The van der Waals surface area contributed by atoms with Gasteiger partial charge >= 0.3 is 0 Å². The summed E-state index contributed by atoms with van der Waals surface area (Å²) in [6.45, 7) is 2.44. The zero-order valence-electron chi connectivity index (χ0n) is 9.41. The number of rotatable bonds is 5. The maximum atomic E-state index is 11.4. The van der Waals surface area contributed by atoms with E-state index in [4.69, 9.17) is 5.73 Å². The first-order valence-electron chi connectivity index (χ1n) is 5.76. The van der Waals surface area contributed by atoms with E-state index in [0.717, 1.165) is 25.7 Å². The molecule has 0 aromatic rings. The fraction of sp³-hybridized carbons (Fsp3) is 1.00. The van der Waals surface area contributed by atoms with Crippen molar-refractivity contribution in [1.29, 1.82) is 0 Å². The average Bonchev–Trinajstić information content (AvgIpc) is 2.15. The van der Waals surface area contributed by atoms with Gasteiger partial charge in [-0.05, 0) is 31.6 Å². The summed E-state index contributed by atoms with van der Waals surface area (Å²) in [5, 5.41) is 0. The van der Waals surface area contributed by atoms with Crippen molar-refractivity contribution in [2.24, 2.45) is 11.7 Å². The minimum atomic E-state index is -3.04. The van der Waals surface area contributed by atoms with E-state index in [0.29, 0.717) is 18.9 Å². The van der Waals surface area contributed by atoms with Crippen LogP contribution in [0.2, 0.25) is 0 Å². The Morgan fingerprint density at radius 3 is 2.73 bits per heavy atom. The Kier molecular flexibility index (Phi) is 5.02. The van der Waals surface area contributed by atoms with E-state index in [1.54, 1.807) is 0 Å². The molecule has 90 valence electrons.